The second-order valence-corrected chi connectivity index (χ2v) is 10.5. The molecule has 0 aromatic heterocycles. The highest BCUT2D eigenvalue weighted by Crippen LogP contribution is 2.23. The van der Waals surface area contributed by atoms with E-state index in [1.165, 1.54) is 57.8 Å². The lowest BCUT2D eigenvalue weighted by Gasteiger charge is -2.19. The van der Waals surface area contributed by atoms with Gasteiger partial charge in [0.2, 0.25) is 0 Å². The number of carboxylic acid groups (broad SMARTS) is 1. The molecule has 9 heteroatoms. The maximum Gasteiger partial charge on any atom is 0.320 e. The van der Waals surface area contributed by atoms with Crippen molar-refractivity contribution in [3.63, 3.8) is 0 Å². The zero-order valence-corrected chi connectivity index (χ0v) is 24.5. The molecule has 2 N–H and O–H groups in total. The minimum absolute atomic E-state index is 0.0287. The van der Waals surface area contributed by atoms with Crippen LogP contribution in [-0.4, -0.2) is 78.8 Å². The predicted octanol–water partition coefficient (Wildman–Crippen LogP) is 5.46. The number of hydrogen-bond acceptors (Lipinski definition) is 8. The summed E-state index contributed by atoms with van der Waals surface area (Å²) in [5.74, 6) is -1.33. The lowest BCUT2D eigenvalue weighted by molar-refractivity contribution is -0.162. The first-order chi connectivity index (χ1) is 18.2. The van der Waals surface area contributed by atoms with Crippen LogP contribution in [0.15, 0.2) is 0 Å². The second-order valence-electron chi connectivity index (χ2n) is 10.5. The zero-order chi connectivity index (χ0) is 28.6. The molecule has 0 unspecified atom stereocenters. The first-order valence-corrected chi connectivity index (χ1v) is 14.7. The molecule has 9 nitrogen and oxygen atoms in total. The van der Waals surface area contributed by atoms with E-state index in [2.05, 4.69) is 13.8 Å². The summed E-state index contributed by atoms with van der Waals surface area (Å²) >= 11 is 0. The number of esters is 2. The summed E-state index contributed by atoms with van der Waals surface area (Å²) in [6.07, 6.45) is 15.0. The van der Waals surface area contributed by atoms with Gasteiger partial charge < -0.3 is 24.4 Å². The number of aliphatic hydroxyl groups is 1. The summed E-state index contributed by atoms with van der Waals surface area (Å²) in [5, 5.41) is 18.0. The summed E-state index contributed by atoms with van der Waals surface area (Å²) in [6, 6.07) is 0. The van der Waals surface area contributed by atoms with E-state index >= 15 is 0 Å². The standard InChI is InChI=1S/C19H35NO6.C10H20O2/c1-4-5-6-7-8-9-10-11-17(21)25-15-12-18(22)26-16(15)14-24-19(23)13-20(2)3;1-2-3-4-5-6-7-8-9-10(11)12/h15-16,18,22H,4-14H2,1-3H3;2-9H2,1H3,(H,11,12)/t15-,16-,18-;/m1./s1. The number of hydrogen-bond donors (Lipinski definition) is 2. The van der Waals surface area contributed by atoms with Gasteiger partial charge in [0.15, 0.2) is 6.29 Å². The Labute approximate surface area is 230 Å². The molecule has 3 atom stereocenters. The molecule has 0 radical (unpaired) electrons. The highest BCUT2D eigenvalue weighted by atomic mass is 16.7. The first-order valence-electron chi connectivity index (χ1n) is 14.7. The van der Waals surface area contributed by atoms with Crippen molar-refractivity contribution in [3.05, 3.63) is 0 Å². The monoisotopic (exact) mass is 545 g/mol. The molecule has 38 heavy (non-hydrogen) atoms. The van der Waals surface area contributed by atoms with Crippen LogP contribution in [0, 0.1) is 0 Å². The van der Waals surface area contributed by atoms with Crippen molar-refractivity contribution in [2.24, 2.45) is 0 Å². The molecule has 0 saturated carbocycles. The average Bonchev–Trinajstić information content (AvgIpc) is 3.20. The van der Waals surface area contributed by atoms with E-state index in [0.717, 1.165) is 32.1 Å². The quantitative estimate of drug-likeness (QED) is 0.143. The third kappa shape index (κ3) is 22.3. The molecule has 0 aromatic rings. The Balaban J connectivity index is 0.000000958. The minimum Gasteiger partial charge on any atom is -0.481 e. The number of carbonyl (C=O) groups excluding carboxylic acids is 2. The first kappa shape index (κ1) is 36.3. The second kappa shape index (κ2) is 24.3. The van der Waals surface area contributed by atoms with Crippen molar-refractivity contribution in [3.8, 4) is 0 Å². The number of aliphatic hydroxyl groups excluding tert-OH is 1. The van der Waals surface area contributed by atoms with E-state index in [9.17, 15) is 19.5 Å². The lowest BCUT2D eigenvalue weighted by Crippen LogP contribution is -2.33. The van der Waals surface area contributed by atoms with Gasteiger partial charge in [-0.2, -0.15) is 0 Å². The van der Waals surface area contributed by atoms with Gasteiger partial charge in [-0.25, -0.2) is 0 Å². The van der Waals surface area contributed by atoms with E-state index in [1.807, 2.05) is 0 Å². The van der Waals surface area contributed by atoms with Crippen molar-refractivity contribution < 1.29 is 38.8 Å². The Morgan fingerprint density at radius 3 is 1.79 bits per heavy atom. The SMILES string of the molecule is CCCCCCCCCC(=O)O.CCCCCCCCCC(=O)O[C@@H]1C[C@H](O)O[C@@H]1COC(=O)CN(C)C. The van der Waals surface area contributed by atoms with Gasteiger partial charge in [0.05, 0.1) is 6.54 Å². The normalized spacial score (nSPS) is 18.6. The topological polar surface area (TPSA) is 123 Å². The average molecular weight is 546 g/mol. The van der Waals surface area contributed by atoms with Crippen LogP contribution in [0.4, 0.5) is 0 Å². The van der Waals surface area contributed by atoms with Crippen LogP contribution in [-0.2, 0) is 28.6 Å². The summed E-state index contributed by atoms with van der Waals surface area (Å²) < 4.78 is 15.9. The summed E-state index contributed by atoms with van der Waals surface area (Å²) in [4.78, 5) is 35.4. The maximum atomic E-state index is 12.0. The lowest BCUT2D eigenvalue weighted by atomic mass is 10.1. The zero-order valence-electron chi connectivity index (χ0n) is 24.5. The third-order valence-corrected chi connectivity index (χ3v) is 6.30. The maximum absolute atomic E-state index is 12.0. The fraction of sp³-hybridized carbons (Fsp3) is 0.897. The van der Waals surface area contributed by atoms with Gasteiger partial charge in [0, 0.05) is 19.3 Å². The van der Waals surface area contributed by atoms with Gasteiger partial charge in [0.1, 0.15) is 18.8 Å². The molecular formula is C29H55NO8. The molecule has 1 heterocycles. The summed E-state index contributed by atoms with van der Waals surface area (Å²) in [5.41, 5.74) is 0. The van der Waals surface area contributed by atoms with Gasteiger partial charge in [-0.3, -0.25) is 19.3 Å². The van der Waals surface area contributed by atoms with Crippen molar-refractivity contribution >= 4 is 17.9 Å². The molecular weight excluding hydrogens is 490 g/mol. The van der Waals surface area contributed by atoms with Crippen LogP contribution in [0.2, 0.25) is 0 Å². The summed E-state index contributed by atoms with van der Waals surface area (Å²) in [6.45, 7) is 4.53. The van der Waals surface area contributed by atoms with E-state index in [-0.39, 0.29) is 31.5 Å². The number of carboxylic acids is 1. The van der Waals surface area contributed by atoms with Crippen LogP contribution in [0.25, 0.3) is 0 Å². The smallest absolute Gasteiger partial charge is 0.320 e. The largest absolute Gasteiger partial charge is 0.481 e. The molecule has 1 aliphatic heterocycles. The third-order valence-electron chi connectivity index (χ3n) is 6.30. The van der Waals surface area contributed by atoms with Crippen molar-refractivity contribution in [1.82, 2.24) is 4.90 Å². The molecule has 1 saturated heterocycles. The molecule has 1 fully saturated rings. The van der Waals surface area contributed by atoms with Gasteiger partial charge >= 0.3 is 17.9 Å². The molecule has 1 aliphatic rings. The fourth-order valence-corrected chi connectivity index (χ4v) is 4.13. The molecule has 1 rings (SSSR count). The van der Waals surface area contributed by atoms with E-state index in [1.54, 1.807) is 19.0 Å². The minimum atomic E-state index is -0.996. The molecule has 0 aromatic carbocycles. The van der Waals surface area contributed by atoms with Gasteiger partial charge in [-0.15, -0.1) is 0 Å². The number of ether oxygens (including phenoxy) is 3. The Kier molecular flexibility index (Phi) is 23.2. The van der Waals surface area contributed by atoms with Gasteiger partial charge in [-0.1, -0.05) is 90.9 Å². The highest BCUT2D eigenvalue weighted by molar-refractivity contribution is 5.71. The molecule has 0 aliphatic carbocycles. The predicted molar refractivity (Wildman–Crippen MR) is 148 cm³/mol. The van der Waals surface area contributed by atoms with Crippen molar-refractivity contribution in [1.29, 1.82) is 0 Å². The van der Waals surface area contributed by atoms with E-state index in [4.69, 9.17) is 19.3 Å². The summed E-state index contributed by atoms with van der Waals surface area (Å²) in [7, 11) is 3.54. The van der Waals surface area contributed by atoms with Crippen LogP contribution in [0.5, 0.6) is 0 Å². The Hall–Kier alpha value is -1.71. The number of unbranched alkanes of at least 4 members (excludes halogenated alkanes) is 12. The van der Waals surface area contributed by atoms with Crippen LogP contribution >= 0.6 is 0 Å². The van der Waals surface area contributed by atoms with Crippen LogP contribution in [0.1, 0.15) is 123 Å². The number of rotatable bonds is 21. The highest BCUT2D eigenvalue weighted by Gasteiger charge is 2.38. The Morgan fingerprint density at radius 2 is 1.29 bits per heavy atom. The van der Waals surface area contributed by atoms with Crippen LogP contribution < -0.4 is 0 Å². The van der Waals surface area contributed by atoms with Crippen LogP contribution in [0.3, 0.4) is 0 Å². The van der Waals surface area contributed by atoms with E-state index in [0.29, 0.717) is 12.8 Å². The van der Waals surface area contributed by atoms with E-state index < -0.39 is 24.5 Å². The van der Waals surface area contributed by atoms with Crippen molar-refractivity contribution in [2.45, 2.75) is 141 Å². The van der Waals surface area contributed by atoms with Gasteiger partial charge in [-0.05, 0) is 26.9 Å². The fourth-order valence-electron chi connectivity index (χ4n) is 4.13. The Morgan fingerprint density at radius 1 is 0.789 bits per heavy atom. The van der Waals surface area contributed by atoms with Gasteiger partial charge in [0.25, 0.3) is 0 Å². The molecule has 0 spiro atoms. The number of aliphatic carboxylic acids is 1. The Bertz CT molecular complexity index is 613. The number of nitrogens with zero attached hydrogens (tertiary/aromatic N) is 1. The molecule has 0 amide bonds. The number of carbonyl (C=O) groups is 3. The molecule has 224 valence electrons. The molecule has 0 bridgehead atoms. The number of likely N-dealkylation sites (N-methyl/N-ethyl adjacent to an activating group) is 1. The van der Waals surface area contributed by atoms with Crippen molar-refractivity contribution in [2.75, 3.05) is 27.2 Å².